The SMILES string of the molecule is CC1=CC=C2C(C)C(=C1)N2C. The van der Waals surface area contributed by atoms with Crippen molar-refractivity contribution in [2.75, 3.05) is 7.05 Å². The van der Waals surface area contributed by atoms with E-state index < -0.39 is 0 Å². The van der Waals surface area contributed by atoms with E-state index in [0.717, 1.165) is 0 Å². The second-order valence-corrected chi connectivity index (χ2v) is 3.35. The van der Waals surface area contributed by atoms with Crippen LogP contribution in [0.25, 0.3) is 0 Å². The number of hydrogen-bond donors (Lipinski definition) is 0. The minimum atomic E-state index is 0.647. The third-order valence-corrected chi connectivity index (χ3v) is 2.55. The van der Waals surface area contributed by atoms with Gasteiger partial charge < -0.3 is 4.90 Å². The highest BCUT2D eigenvalue weighted by atomic mass is 15.2. The van der Waals surface area contributed by atoms with E-state index in [-0.39, 0.29) is 0 Å². The molecule has 11 heavy (non-hydrogen) atoms. The van der Waals surface area contributed by atoms with E-state index in [1.807, 2.05) is 0 Å². The fourth-order valence-electron chi connectivity index (χ4n) is 1.79. The molecule has 0 aromatic heterocycles. The molecule has 1 saturated heterocycles. The second kappa shape index (κ2) is 2.00. The third kappa shape index (κ3) is 0.770. The normalized spacial score (nSPS) is 28.1. The van der Waals surface area contributed by atoms with Crippen LogP contribution in [0.4, 0.5) is 0 Å². The van der Waals surface area contributed by atoms with Crippen LogP contribution < -0.4 is 0 Å². The molecule has 3 rings (SSSR count). The summed E-state index contributed by atoms with van der Waals surface area (Å²) in [5.41, 5.74) is 4.24. The Labute approximate surface area is 67.7 Å². The van der Waals surface area contributed by atoms with E-state index in [1.165, 1.54) is 17.0 Å². The quantitative estimate of drug-likeness (QED) is 0.508. The predicted molar refractivity (Wildman–Crippen MR) is 46.9 cm³/mol. The smallest absolute Gasteiger partial charge is 0.0367 e. The first-order valence-electron chi connectivity index (χ1n) is 4.04. The van der Waals surface area contributed by atoms with Gasteiger partial charge in [-0.25, -0.2) is 0 Å². The largest absolute Gasteiger partial charge is 0.350 e. The van der Waals surface area contributed by atoms with Crippen molar-refractivity contribution in [3.8, 4) is 0 Å². The molecule has 58 valence electrons. The van der Waals surface area contributed by atoms with E-state index in [2.05, 4.69) is 44.0 Å². The van der Waals surface area contributed by atoms with Gasteiger partial charge in [0.1, 0.15) is 0 Å². The zero-order valence-electron chi connectivity index (χ0n) is 7.26. The lowest BCUT2D eigenvalue weighted by molar-refractivity contribution is 0.323. The van der Waals surface area contributed by atoms with Crippen LogP contribution in [0.3, 0.4) is 0 Å². The molecule has 0 spiro atoms. The molecule has 1 fully saturated rings. The summed E-state index contributed by atoms with van der Waals surface area (Å²) in [4.78, 5) is 2.26. The average molecular weight is 147 g/mol. The molecule has 0 saturated carbocycles. The van der Waals surface area contributed by atoms with Gasteiger partial charge in [-0.3, -0.25) is 0 Å². The van der Waals surface area contributed by atoms with Gasteiger partial charge in [-0.2, -0.15) is 0 Å². The van der Waals surface area contributed by atoms with E-state index in [4.69, 9.17) is 0 Å². The summed E-state index contributed by atoms with van der Waals surface area (Å²) in [5, 5.41) is 0. The molecule has 0 radical (unpaired) electrons. The fourth-order valence-corrected chi connectivity index (χ4v) is 1.79. The van der Waals surface area contributed by atoms with Crippen LogP contribution >= 0.6 is 0 Å². The number of fused-ring (bicyclic) bond motifs is 2. The highest BCUT2D eigenvalue weighted by Gasteiger charge is 2.31. The molecule has 0 amide bonds. The lowest BCUT2D eigenvalue weighted by Crippen LogP contribution is -2.36. The maximum Gasteiger partial charge on any atom is 0.0367 e. The van der Waals surface area contributed by atoms with Gasteiger partial charge in [0.05, 0.1) is 0 Å². The van der Waals surface area contributed by atoms with E-state index >= 15 is 0 Å². The minimum Gasteiger partial charge on any atom is -0.350 e. The Morgan fingerprint density at radius 2 is 2.00 bits per heavy atom. The van der Waals surface area contributed by atoms with E-state index in [1.54, 1.807) is 0 Å². The molecule has 3 aliphatic rings. The van der Waals surface area contributed by atoms with Gasteiger partial charge in [0.25, 0.3) is 0 Å². The van der Waals surface area contributed by atoms with Gasteiger partial charge in [0.15, 0.2) is 0 Å². The monoisotopic (exact) mass is 147 g/mol. The van der Waals surface area contributed by atoms with Crippen molar-refractivity contribution in [3.63, 3.8) is 0 Å². The predicted octanol–water partition coefficient (Wildman–Crippen LogP) is 2.30. The zero-order valence-corrected chi connectivity index (χ0v) is 7.26. The summed E-state index contributed by atoms with van der Waals surface area (Å²) in [6.45, 7) is 4.40. The van der Waals surface area contributed by atoms with Crippen molar-refractivity contribution < 1.29 is 0 Å². The van der Waals surface area contributed by atoms with Crippen molar-refractivity contribution >= 4 is 0 Å². The Hall–Kier alpha value is -0.980. The van der Waals surface area contributed by atoms with Gasteiger partial charge in [-0.05, 0) is 24.6 Å². The number of allylic oxidation sites excluding steroid dienone is 4. The molecule has 1 atom stereocenters. The van der Waals surface area contributed by atoms with Gasteiger partial charge in [-0.1, -0.05) is 13.0 Å². The number of nitrogens with zero attached hydrogens (tertiary/aromatic N) is 1. The molecular formula is C10H13N. The highest BCUT2D eigenvalue weighted by molar-refractivity contribution is 5.43. The van der Waals surface area contributed by atoms with E-state index in [9.17, 15) is 0 Å². The fraction of sp³-hybridized carbons (Fsp3) is 0.400. The molecule has 0 aromatic rings. The number of hydrogen-bond acceptors (Lipinski definition) is 1. The summed E-state index contributed by atoms with van der Waals surface area (Å²) in [6.07, 6.45) is 6.66. The van der Waals surface area contributed by atoms with Gasteiger partial charge >= 0.3 is 0 Å². The Morgan fingerprint density at radius 1 is 1.27 bits per heavy atom. The molecule has 1 heteroatoms. The summed E-state index contributed by atoms with van der Waals surface area (Å²) in [5.74, 6) is 0.647. The van der Waals surface area contributed by atoms with Crippen molar-refractivity contribution in [1.82, 2.24) is 4.90 Å². The van der Waals surface area contributed by atoms with Crippen LogP contribution in [0, 0.1) is 5.92 Å². The maximum absolute atomic E-state index is 2.26. The van der Waals surface area contributed by atoms with Gasteiger partial charge in [-0.15, -0.1) is 0 Å². The Kier molecular flexibility index (Phi) is 1.22. The molecule has 1 aliphatic carbocycles. The average Bonchev–Trinajstić information content (AvgIpc) is 2.21. The van der Waals surface area contributed by atoms with Crippen LogP contribution in [0.5, 0.6) is 0 Å². The molecule has 2 aliphatic heterocycles. The third-order valence-electron chi connectivity index (χ3n) is 2.55. The van der Waals surface area contributed by atoms with Crippen LogP contribution in [0.2, 0.25) is 0 Å². The van der Waals surface area contributed by atoms with Crippen molar-refractivity contribution in [2.24, 2.45) is 5.92 Å². The van der Waals surface area contributed by atoms with Crippen molar-refractivity contribution in [2.45, 2.75) is 13.8 Å². The Balaban J connectivity index is 2.46. The summed E-state index contributed by atoms with van der Waals surface area (Å²) in [7, 11) is 2.13. The minimum absolute atomic E-state index is 0.647. The maximum atomic E-state index is 2.26. The first kappa shape index (κ1) is 6.71. The van der Waals surface area contributed by atoms with Crippen molar-refractivity contribution in [3.05, 3.63) is 35.2 Å². The lowest BCUT2D eigenvalue weighted by Gasteiger charge is -2.41. The molecule has 1 unspecified atom stereocenters. The molecule has 0 aromatic carbocycles. The number of rotatable bonds is 0. The van der Waals surface area contributed by atoms with E-state index in [0.29, 0.717) is 5.92 Å². The first-order valence-corrected chi connectivity index (χ1v) is 4.04. The van der Waals surface area contributed by atoms with Crippen LogP contribution in [-0.4, -0.2) is 11.9 Å². The standard InChI is InChI=1S/C10H13N/c1-7-4-5-9-8(2)10(6-7)11(9)3/h4-6,8H,1-3H3. The molecule has 2 heterocycles. The van der Waals surface area contributed by atoms with Crippen LogP contribution in [0.1, 0.15) is 13.8 Å². The highest BCUT2D eigenvalue weighted by Crippen LogP contribution is 2.39. The first-order chi connectivity index (χ1) is 5.20. The summed E-state index contributed by atoms with van der Waals surface area (Å²) >= 11 is 0. The Morgan fingerprint density at radius 3 is 2.64 bits per heavy atom. The summed E-state index contributed by atoms with van der Waals surface area (Å²) < 4.78 is 0. The Bertz CT molecular complexity index is 267. The summed E-state index contributed by atoms with van der Waals surface area (Å²) in [6, 6.07) is 0. The van der Waals surface area contributed by atoms with Crippen LogP contribution in [0.15, 0.2) is 35.2 Å². The molecule has 2 bridgehead atoms. The molecule has 0 N–H and O–H groups in total. The van der Waals surface area contributed by atoms with Crippen LogP contribution in [-0.2, 0) is 0 Å². The molecule has 1 nitrogen and oxygen atoms in total. The zero-order chi connectivity index (χ0) is 8.01. The topological polar surface area (TPSA) is 3.24 Å². The van der Waals surface area contributed by atoms with Gasteiger partial charge in [0, 0.05) is 24.4 Å². The van der Waals surface area contributed by atoms with Gasteiger partial charge in [0.2, 0.25) is 0 Å². The van der Waals surface area contributed by atoms with Crippen molar-refractivity contribution in [1.29, 1.82) is 0 Å². The lowest BCUT2D eigenvalue weighted by atomic mass is 9.92. The second-order valence-electron chi connectivity index (χ2n) is 3.35. The molecular weight excluding hydrogens is 134 g/mol.